The minimum atomic E-state index is -1.48. The van der Waals surface area contributed by atoms with Gasteiger partial charge in [0.1, 0.15) is 24.9 Å². The second-order valence-corrected chi connectivity index (χ2v) is 13.7. The van der Waals surface area contributed by atoms with Gasteiger partial charge in [0.05, 0.1) is 35.7 Å². The summed E-state index contributed by atoms with van der Waals surface area (Å²) in [4.78, 5) is 11.8. The van der Waals surface area contributed by atoms with Crippen LogP contribution < -0.4 is 0 Å². The Morgan fingerprint density at radius 1 is 1.02 bits per heavy atom. The first kappa shape index (κ1) is 29.4. The number of fused-ring (bicyclic) bond motifs is 5. The van der Waals surface area contributed by atoms with E-state index in [2.05, 4.69) is 5.16 Å². The fourth-order valence-corrected chi connectivity index (χ4v) is 9.94. The van der Waals surface area contributed by atoms with Gasteiger partial charge in [0, 0.05) is 29.2 Å². The van der Waals surface area contributed by atoms with E-state index in [1.807, 2.05) is 6.92 Å². The van der Waals surface area contributed by atoms with Gasteiger partial charge in [-0.15, -0.1) is 5.16 Å². The number of hydrogen-bond donors (Lipinski definition) is 7. The number of carbonyl (C=O) groups is 1. The van der Waals surface area contributed by atoms with Crippen molar-refractivity contribution in [2.45, 2.75) is 119 Å². The van der Waals surface area contributed by atoms with Crippen molar-refractivity contribution >= 4 is 12.2 Å². The van der Waals surface area contributed by atoms with Crippen LogP contribution in [0, 0.1) is 28.6 Å². The van der Waals surface area contributed by atoms with Gasteiger partial charge >= 0.3 is 5.97 Å². The highest BCUT2D eigenvalue weighted by Crippen LogP contribution is 2.70. The molecule has 0 radical (unpaired) electrons. The maximum absolute atomic E-state index is 12.4. The summed E-state index contributed by atoms with van der Waals surface area (Å²) in [6, 6.07) is 0. The standard InChI is InChI=1S/C29H43NO11/c1-14-22(33)23(34)24(35)25(40-14)41-16-3-6-27(13-30-38)21-18(4-7-28(27,36)10-16)29(37)8-5-17(15-9-20(32)39-12-15)26(29,2)11-19(21)31/h9,13-14,16-19,21-25,31,33-38H,3-8,10-12H2,1-2H3/b30-13-/t14-,16+,17-,18-,19+,21+,22-,23-,24+,25+,26+,27-,28-,29+/m0/s1. The Hall–Kier alpha value is -1.64. The number of rotatable bonds is 4. The lowest BCUT2D eigenvalue weighted by atomic mass is 9.41. The third-order valence-corrected chi connectivity index (χ3v) is 12.0. The average Bonchev–Trinajstić information content (AvgIpc) is 3.46. The molecule has 0 spiro atoms. The van der Waals surface area contributed by atoms with Gasteiger partial charge in [-0.25, -0.2) is 4.79 Å². The van der Waals surface area contributed by atoms with Crippen LogP contribution in [0.1, 0.15) is 65.2 Å². The molecule has 230 valence electrons. The molecule has 12 heteroatoms. The van der Waals surface area contributed by atoms with Crippen molar-refractivity contribution in [1.82, 2.24) is 0 Å². The molecule has 0 unspecified atom stereocenters. The topological polar surface area (TPSA) is 199 Å². The van der Waals surface area contributed by atoms with Gasteiger partial charge in [-0.3, -0.25) is 0 Å². The molecular formula is C29H43NO11. The molecule has 4 aliphatic carbocycles. The zero-order chi connectivity index (χ0) is 29.5. The molecule has 0 amide bonds. The molecule has 0 aromatic rings. The minimum absolute atomic E-state index is 0.0965. The quantitative estimate of drug-likeness (QED) is 0.0774. The van der Waals surface area contributed by atoms with Gasteiger partial charge in [-0.1, -0.05) is 6.92 Å². The number of ether oxygens (including phenoxy) is 3. The van der Waals surface area contributed by atoms with Crippen LogP contribution >= 0.6 is 0 Å². The summed E-state index contributed by atoms with van der Waals surface area (Å²) < 4.78 is 16.8. The zero-order valence-corrected chi connectivity index (χ0v) is 23.5. The second-order valence-electron chi connectivity index (χ2n) is 13.7. The lowest BCUT2D eigenvalue weighted by molar-refractivity contribution is -0.318. The van der Waals surface area contributed by atoms with E-state index >= 15 is 0 Å². The third kappa shape index (κ3) is 4.09. The maximum Gasteiger partial charge on any atom is 0.331 e. The van der Waals surface area contributed by atoms with Gasteiger partial charge in [0.2, 0.25) is 0 Å². The third-order valence-electron chi connectivity index (χ3n) is 12.0. The summed E-state index contributed by atoms with van der Waals surface area (Å²) in [5.74, 6) is -1.50. The van der Waals surface area contributed by atoms with Crippen molar-refractivity contribution in [3.63, 3.8) is 0 Å². The van der Waals surface area contributed by atoms with Gasteiger partial charge < -0.3 is 50.1 Å². The van der Waals surface area contributed by atoms with Crippen molar-refractivity contribution in [3.8, 4) is 0 Å². The molecule has 7 N–H and O–H groups in total. The predicted octanol–water partition coefficient (Wildman–Crippen LogP) is -0.0181. The lowest BCUT2D eigenvalue weighted by Crippen LogP contribution is -2.72. The number of cyclic esters (lactones) is 1. The largest absolute Gasteiger partial charge is 0.458 e. The summed E-state index contributed by atoms with van der Waals surface area (Å²) in [5.41, 5.74) is -3.65. The molecule has 6 rings (SSSR count). The number of oxime groups is 1. The van der Waals surface area contributed by atoms with E-state index in [-0.39, 0.29) is 44.2 Å². The van der Waals surface area contributed by atoms with Crippen LogP contribution in [0.3, 0.4) is 0 Å². The highest BCUT2D eigenvalue weighted by Gasteiger charge is 2.73. The van der Waals surface area contributed by atoms with Crippen molar-refractivity contribution < 1.29 is 54.9 Å². The normalized spacial score (nSPS) is 55.2. The SMILES string of the molecule is C[C@@H]1O[C@H](O[C@@H]2CC[C@]3(/C=N\O)[C@H]4[C@H](O)C[C@]5(C)[C@H](C6=CC(=O)OC6)CC[C@@]5(O)[C@H]4CC[C@]3(O)C2)[C@H](O)[C@@H](O)[C@H]1O. The molecule has 41 heavy (non-hydrogen) atoms. The average molecular weight is 582 g/mol. The molecule has 1 saturated heterocycles. The molecule has 6 aliphatic rings. The lowest BCUT2D eigenvalue weighted by Gasteiger charge is -2.67. The maximum atomic E-state index is 12.4. The number of aliphatic hydroxyl groups excluding tert-OH is 4. The number of aliphatic hydroxyl groups is 6. The van der Waals surface area contributed by atoms with E-state index in [1.165, 1.54) is 12.3 Å². The molecule has 0 bridgehead atoms. The smallest absolute Gasteiger partial charge is 0.331 e. The predicted molar refractivity (Wildman–Crippen MR) is 140 cm³/mol. The Morgan fingerprint density at radius 3 is 2.46 bits per heavy atom. The summed E-state index contributed by atoms with van der Waals surface area (Å²) in [7, 11) is 0. The first-order chi connectivity index (χ1) is 19.3. The fourth-order valence-electron chi connectivity index (χ4n) is 9.94. The van der Waals surface area contributed by atoms with Crippen LogP contribution in [0.4, 0.5) is 0 Å². The highest BCUT2D eigenvalue weighted by molar-refractivity contribution is 5.85. The van der Waals surface area contributed by atoms with Crippen molar-refractivity contribution in [3.05, 3.63) is 11.6 Å². The van der Waals surface area contributed by atoms with Crippen molar-refractivity contribution in [2.75, 3.05) is 6.61 Å². The number of carbonyl (C=O) groups excluding carboxylic acids is 1. The van der Waals surface area contributed by atoms with Gasteiger partial charge in [0.25, 0.3) is 0 Å². The van der Waals surface area contributed by atoms with E-state index in [9.17, 15) is 40.6 Å². The zero-order valence-electron chi connectivity index (χ0n) is 23.5. The molecule has 12 nitrogen and oxygen atoms in total. The van der Waals surface area contributed by atoms with Gasteiger partial charge in [-0.2, -0.15) is 0 Å². The van der Waals surface area contributed by atoms with Crippen LogP contribution in [0.15, 0.2) is 16.8 Å². The van der Waals surface area contributed by atoms with Crippen LogP contribution in [0.2, 0.25) is 0 Å². The summed E-state index contributed by atoms with van der Waals surface area (Å²) in [5, 5.41) is 80.4. The van der Waals surface area contributed by atoms with Crippen LogP contribution in [-0.2, 0) is 19.0 Å². The van der Waals surface area contributed by atoms with Crippen molar-refractivity contribution in [1.29, 1.82) is 0 Å². The summed E-state index contributed by atoms with van der Waals surface area (Å²) >= 11 is 0. The Bertz CT molecular complexity index is 1120. The highest BCUT2D eigenvalue weighted by atomic mass is 16.7. The first-order valence-electron chi connectivity index (χ1n) is 14.8. The number of hydrogen-bond acceptors (Lipinski definition) is 12. The van der Waals surface area contributed by atoms with E-state index in [0.29, 0.717) is 25.7 Å². The first-order valence-corrected chi connectivity index (χ1v) is 14.8. The van der Waals surface area contributed by atoms with Crippen LogP contribution in [0.25, 0.3) is 0 Å². The molecule has 14 atom stereocenters. The molecule has 0 aromatic carbocycles. The van der Waals surface area contributed by atoms with Gasteiger partial charge in [-0.05, 0) is 69.3 Å². The van der Waals surface area contributed by atoms with Crippen molar-refractivity contribution in [2.24, 2.45) is 33.7 Å². The Labute approximate surface area is 238 Å². The minimum Gasteiger partial charge on any atom is -0.458 e. The summed E-state index contributed by atoms with van der Waals surface area (Å²) in [6.07, 6.45) is -2.02. The number of esters is 1. The van der Waals surface area contributed by atoms with E-state index in [4.69, 9.17) is 14.2 Å². The van der Waals surface area contributed by atoms with E-state index in [0.717, 1.165) is 5.57 Å². The monoisotopic (exact) mass is 581 g/mol. The molecule has 0 aromatic heterocycles. The summed E-state index contributed by atoms with van der Waals surface area (Å²) in [6.45, 7) is 3.74. The molecular weight excluding hydrogens is 538 g/mol. The van der Waals surface area contributed by atoms with Crippen LogP contribution in [0.5, 0.6) is 0 Å². The number of nitrogens with zero attached hydrogens (tertiary/aromatic N) is 1. The Balaban J connectivity index is 1.28. The second kappa shape index (κ2) is 9.95. The Kier molecular flexibility index (Phi) is 7.14. The molecule has 2 aliphatic heterocycles. The molecule has 5 fully saturated rings. The van der Waals surface area contributed by atoms with E-state index < -0.39 is 76.8 Å². The van der Waals surface area contributed by atoms with E-state index in [1.54, 1.807) is 6.92 Å². The van der Waals surface area contributed by atoms with Crippen LogP contribution in [-0.4, -0.2) is 109 Å². The Morgan fingerprint density at radius 2 is 1.78 bits per heavy atom. The van der Waals surface area contributed by atoms with Gasteiger partial charge in [0.15, 0.2) is 6.29 Å². The molecule has 4 saturated carbocycles. The molecule has 2 heterocycles. The fraction of sp³-hybridized carbons (Fsp3) is 0.862.